The number of phenols is 1. The zero-order valence-electron chi connectivity index (χ0n) is 7.86. The third-order valence-electron chi connectivity index (χ3n) is 1.59. The Morgan fingerprint density at radius 2 is 2.08 bits per heavy atom. The summed E-state index contributed by atoms with van der Waals surface area (Å²) in [5, 5.41) is 10.1. The van der Waals surface area contributed by atoms with Crippen molar-refractivity contribution in [2.45, 2.75) is 0 Å². The summed E-state index contributed by atoms with van der Waals surface area (Å²) in [4.78, 5) is 4.11. The molecule has 0 spiro atoms. The smallest absolute Gasteiger partial charge is 1.00 e. The van der Waals surface area contributed by atoms with Crippen molar-refractivity contribution in [2.75, 3.05) is 0 Å². The van der Waals surface area contributed by atoms with Crippen molar-refractivity contribution in [3.63, 3.8) is 0 Å². The van der Waals surface area contributed by atoms with Crippen LogP contribution in [0.1, 0.15) is 1.43 Å². The Hall–Kier alpha value is -0.973. The summed E-state index contributed by atoms with van der Waals surface area (Å²) >= 11 is 0. The molecule has 0 amide bonds. The predicted molar refractivity (Wildman–Crippen MR) is 44.5 cm³/mol. The van der Waals surface area contributed by atoms with E-state index in [1.54, 1.807) is 24.4 Å². The molecule has 0 saturated carbocycles. The minimum atomic E-state index is 0. The van der Waals surface area contributed by atoms with Crippen LogP contribution in [-0.2, 0) is 0 Å². The van der Waals surface area contributed by atoms with Gasteiger partial charge in [0.05, 0.1) is 5.52 Å². The predicted octanol–water partition coefficient (Wildman–Crippen LogP) is -0.943. The fourth-order valence-corrected chi connectivity index (χ4v) is 1.06. The normalized spacial score (nSPS) is 9.33. The number of pyridine rings is 1. The fraction of sp³-hybridized carbons (Fsp3) is 0. The van der Waals surface area contributed by atoms with E-state index < -0.39 is 0 Å². The van der Waals surface area contributed by atoms with E-state index in [0.29, 0.717) is 0 Å². The number of aromatic hydroxyl groups is 1. The number of hydrogen-bond donors (Lipinski definition) is 1. The summed E-state index contributed by atoms with van der Waals surface area (Å²) in [6.07, 6.45) is 1.74. The molecule has 0 aliphatic rings. The molecule has 1 aromatic carbocycles. The molecule has 0 atom stereocenters. The van der Waals surface area contributed by atoms with Crippen LogP contribution in [0, 0.1) is 0 Å². The monoisotopic (exact) mass is 153 g/mol. The standard InChI is InChI=1S/C9H7NO.Li.H/c11-8-3-4-9-7(6-8)2-1-5-10-9;;/h1-6,11H;;/q;+1;-1. The Morgan fingerprint density at radius 1 is 1.25 bits per heavy atom. The Kier molecular flexibility index (Phi) is 2.75. The average Bonchev–Trinajstić information content (AvgIpc) is 2.04. The van der Waals surface area contributed by atoms with Gasteiger partial charge in [0.2, 0.25) is 0 Å². The zero-order valence-corrected chi connectivity index (χ0v) is 6.86. The molecule has 0 aliphatic heterocycles. The van der Waals surface area contributed by atoms with E-state index in [-0.39, 0.29) is 26.0 Å². The van der Waals surface area contributed by atoms with E-state index in [1.165, 1.54) is 0 Å². The molecule has 0 saturated heterocycles. The van der Waals surface area contributed by atoms with Gasteiger partial charge in [0.15, 0.2) is 0 Å². The van der Waals surface area contributed by atoms with Gasteiger partial charge in [-0.3, -0.25) is 4.98 Å². The van der Waals surface area contributed by atoms with Crippen molar-refractivity contribution >= 4 is 10.9 Å². The second kappa shape index (κ2) is 3.62. The molecule has 1 heterocycles. The maximum atomic E-state index is 9.10. The molecule has 1 aromatic heterocycles. The molecule has 2 aromatic rings. The van der Waals surface area contributed by atoms with Gasteiger partial charge >= 0.3 is 18.9 Å². The van der Waals surface area contributed by atoms with E-state index in [0.717, 1.165) is 10.9 Å². The number of rotatable bonds is 0. The second-order valence-corrected chi connectivity index (χ2v) is 2.38. The summed E-state index contributed by atoms with van der Waals surface area (Å²) in [7, 11) is 0. The molecule has 12 heavy (non-hydrogen) atoms. The Bertz CT molecular complexity index is 394. The molecule has 0 fully saturated rings. The van der Waals surface area contributed by atoms with Crippen LogP contribution in [0.15, 0.2) is 36.5 Å². The van der Waals surface area contributed by atoms with Gasteiger partial charge in [-0.1, -0.05) is 6.07 Å². The molecule has 1 N–H and O–H groups in total. The van der Waals surface area contributed by atoms with Crippen molar-refractivity contribution in [1.29, 1.82) is 0 Å². The minimum absolute atomic E-state index is 0. The topological polar surface area (TPSA) is 33.1 Å². The van der Waals surface area contributed by atoms with Crippen molar-refractivity contribution in [3.8, 4) is 5.75 Å². The number of fused-ring (bicyclic) bond motifs is 1. The summed E-state index contributed by atoms with van der Waals surface area (Å²) in [5.74, 6) is 0.283. The SMILES string of the molecule is Oc1ccc2ncccc2c1.[H-].[Li+]. The van der Waals surface area contributed by atoms with E-state index in [2.05, 4.69) is 4.98 Å². The van der Waals surface area contributed by atoms with Crippen molar-refractivity contribution in [1.82, 2.24) is 4.98 Å². The van der Waals surface area contributed by atoms with Crippen LogP contribution in [-0.4, -0.2) is 10.1 Å². The first-order valence-electron chi connectivity index (χ1n) is 3.40. The van der Waals surface area contributed by atoms with Crippen LogP contribution >= 0.6 is 0 Å². The van der Waals surface area contributed by atoms with E-state index in [4.69, 9.17) is 5.11 Å². The van der Waals surface area contributed by atoms with Crippen LogP contribution in [0.25, 0.3) is 10.9 Å². The van der Waals surface area contributed by atoms with Gasteiger partial charge in [0.1, 0.15) is 5.75 Å². The molecule has 2 nitrogen and oxygen atoms in total. The Balaban J connectivity index is 0.000000720. The first kappa shape index (κ1) is 9.12. The van der Waals surface area contributed by atoms with Gasteiger partial charge in [-0.25, -0.2) is 0 Å². The van der Waals surface area contributed by atoms with E-state index >= 15 is 0 Å². The summed E-state index contributed by atoms with van der Waals surface area (Å²) in [6.45, 7) is 0. The molecule has 56 valence electrons. The summed E-state index contributed by atoms with van der Waals surface area (Å²) < 4.78 is 0. The molecule has 0 unspecified atom stereocenters. The molecular weight excluding hydrogens is 145 g/mol. The molecule has 2 rings (SSSR count). The Labute approximate surface area is 83.9 Å². The zero-order chi connectivity index (χ0) is 7.68. The van der Waals surface area contributed by atoms with Gasteiger partial charge < -0.3 is 6.53 Å². The number of nitrogens with zero attached hydrogens (tertiary/aromatic N) is 1. The summed E-state index contributed by atoms with van der Waals surface area (Å²) in [6, 6.07) is 8.90. The van der Waals surface area contributed by atoms with Gasteiger partial charge in [0, 0.05) is 11.6 Å². The first-order chi connectivity index (χ1) is 5.36. The van der Waals surface area contributed by atoms with Gasteiger partial charge in [0.25, 0.3) is 0 Å². The maximum absolute atomic E-state index is 9.10. The molecular formula is C9H8LiNO. The molecule has 0 aliphatic carbocycles. The van der Waals surface area contributed by atoms with E-state index in [1.807, 2.05) is 12.1 Å². The van der Waals surface area contributed by atoms with Crippen LogP contribution in [0.3, 0.4) is 0 Å². The third kappa shape index (κ3) is 1.61. The molecule has 0 bridgehead atoms. The molecule has 0 radical (unpaired) electrons. The quantitative estimate of drug-likeness (QED) is 0.495. The Morgan fingerprint density at radius 3 is 2.92 bits per heavy atom. The third-order valence-corrected chi connectivity index (χ3v) is 1.59. The number of aromatic nitrogens is 1. The first-order valence-corrected chi connectivity index (χ1v) is 3.40. The van der Waals surface area contributed by atoms with Crippen LogP contribution < -0.4 is 18.9 Å². The van der Waals surface area contributed by atoms with Crippen molar-refractivity contribution in [2.24, 2.45) is 0 Å². The largest absolute Gasteiger partial charge is 1.00 e. The summed E-state index contributed by atoms with van der Waals surface area (Å²) in [5.41, 5.74) is 0.908. The van der Waals surface area contributed by atoms with Gasteiger partial charge in [-0.2, -0.15) is 0 Å². The number of hydrogen-bond acceptors (Lipinski definition) is 2. The van der Waals surface area contributed by atoms with Crippen LogP contribution in [0.4, 0.5) is 0 Å². The molecule has 3 heteroatoms. The number of benzene rings is 1. The van der Waals surface area contributed by atoms with Crippen molar-refractivity contribution in [3.05, 3.63) is 36.5 Å². The van der Waals surface area contributed by atoms with E-state index in [9.17, 15) is 0 Å². The van der Waals surface area contributed by atoms with Crippen LogP contribution in [0.5, 0.6) is 5.75 Å². The fourth-order valence-electron chi connectivity index (χ4n) is 1.06. The minimum Gasteiger partial charge on any atom is -1.00 e. The maximum Gasteiger partial charge on any atom is 1.00 e. The van der Waals surface area contributed by atoms with Gasteiger partial charge in [-0.05, 0) is 24.3 Å². The van der Waals surface area contributed by atoms with Gasteiger partial charge in [-0.15, -0.1) is 0 Å². The van der Waals surface area contributed by atoms with Crippen LogP contribution in [0.2, 0.25) is 0 Å². The second-order valence-electron chi connectivity index (χ2n) is 2.38. The number of phenolic OH excluding ortho intramolecular Hbond substituents is 1. The van der Waals surface area contributed by atoms with Crippen molar-refractivity contribution < 1.29 is 25.4 Å². The average molecular weight is 153 g/mol.